The van der Waals surface area contributed by atoms with Gasteiger partial charge in [-0.3, -0.25) is 9.80 Å². The van der Waals surface area contributed by atoms with Crippen molar-refractivity contribution in [3.8, 4) is 0 Å². The molecule has 2 atom stereocenters. The number of rotatable bonds is 2. The first kappa shape index (κ1) is 10.7. The van der Waals surface area contributed by atoms with E-state index >= 15 is 0 Å². The SMILES string of the molecule is Cc1ccsc1C(O)C1CN2CCN1CC2. The Hall–Kier alpha value is -0.420. The zero-order valence-electron chi connectivity index (χ0n) is 9.59. The van der Waals surface area contributed by atoms with Gasteiger partial charge in [-0.25, -0.2) is 0 Å². The average molecular weight is 238 g/mol. The molecule has 3 fully saturated rings. The Morgan fingerprint density at radius 3 is 2.62 bits per heavy atom. The summed E-state index contributed by atoms with van der Waals surface area (Å²) < 4.78 is 0. The van der Waals surface area contributed by atoms with Gasteiger partial charge >= 0.3 is 0 Å². The molecule has 1 N–H and O–H groups in total. The highest BCUT2D eigenvalue weighted by atomic mass is 32.1. The molecule has 1 aromatic heterocycles. The van der Waals surface area contributed by atoms with Gasteiger partial charge in [-0.15, -0.1) is 11.3 Å². The van der Waals surface area contributed by atoms with Crippen LogP contribution in [0, 0.1) is 6.92 Å². The Balaban J connectivity index is 1.80. The second-order valence-corrected chi connectivity index (χ2v) is 5.76. The van der Waals surface area contributed by atoms with Gasteiger partial charge in [0.15, 0.2) is 0 Å². The molecule has 16 heavy (non-hydrogen) atoms. The molecule has 0 radical (unpaired) electrons. The molecule has 88 valence electrons. The van der Waals surface area contributed by atoms with Crippen molar-refractivity contribution < 1.29 is 5.11 Å². The summed E-state index contributed by atoms with van der Waals surface area (Å²) in [5, 5.41) is 12.6. The highest BCUT2D eigenvalue weighted by Gasteiger charge is 2.37. The van der Waals surface area contributed by atoms with Gasteiger partial charge in [0.1, 0.15) is 6.10 Å². The lowest BCUT2D eigenvalue weighted by Gasteiger charge is -2.49. The van der Waals surface area contributed by atoms with Gasteiger partial charge < -0.3 is 5.11 Å². The topological polar surface area (TPSA) is 26.7 Å². The number of aliphatic hydroxyl groups excluding tert-OH is 1. The van der Waals surface area contributed by atoms with E-state index in [0.29, 0.717) is 6.04 Å². The van der Waals surface area contributed by atoms with Crippen molar-refractivity contribution in [3.63, 3.8) is 0 Å². The number of nitrogens with zero attached hydrogens (tertiary/aromatic N) is 2. The van der Waals surface area contributed by atoms with E-state index < -0.39 is 0 Å². The van der Waals surface area contributed by atoms with Crippen LogP contribution in [0.4, 0.5) is 0 Å². The van der Waals surface area contributed by atoms with E-state index in [1.54, 1.807) is 11.3 Å². The van der Waals surface area contributed by atoms with Gasteiger partial charge in [0.05, 0.1) is 6.04 Å². The maximum Gasteiger partial charge on any atom is 0.105 e. The molecule has 0 aliphatic carbocycles. The third kappa shape index (κ3) is 1.70. The number of hydrogen-bond acceptors (Lipinski definition) is 4. The molecule has 0 saturated carbocycles. The van der Waals surface area contributed by atoms with Gasteiger partial charge in [-0.05, 0) is 23.9 Å². The quantitative estimate of drug-likeness (QED) is 0.835. The summed E-state index contributed by atoms with van der Waals surface area (Å²) in [6.07, 6.45) is -0.303. The minimum absolute atomic E-state index is 0.303. The summed E-state index contributed by atoms with van der Waals surface area (Å²) in [5.41, 5.74) is 1.23. The molecule has 4 heteroatoms. The summed E-state index contributed by atoms with van der Waals surface area (Å²) in [4.78, 5) is 6.07. The molecule has 0 aromatic carbocycles. The predicted octanol–water partition coefficient (Wildman–Crippen LogP) is 1.09. The van der Waals surface area contributed by atoms with E-state index in [2.05, 4.69) is 28.2 Å². The van der Waals surface area contributed by atoms with Crippen molar-refractivity contribution in [2.24, 2.45) is 0 Å². The van der Waals surface area contributed by atoms with E-state index in [1.165, 1.54) is 18.7 Å². The van der Waals surface area contributed by atoms with Crippen LogP contribution in [-0.2, 0) is 0 Å². The lowest BCUT2D eigenvalue weighted by molar-refractivity contribution is -0.0460. The third-order valence-corrected chi connectivity index (χ3v) is 4.95. The van der Waals surface area contributed by atoms with Crippen molar-refractivity contribution in [3.05, 3.63) is 21.9 Å². The standard InChI is InChI=1S/C12H18N2OS/c1-9-2-7-16-12(9)11(15)10-8-13-3-5-14(10)6-4-13/h2,7,10-11,15H,3-6,8H2,1H3. The van der Waals surface area contributed by atoms with E-state index in [1.807, 2.05) is 0 Å². The molecular weight excluding hydrogens is 220 g/mol. The Morgan fingerprint density at radius 2 is 2.12 bits per heavy atom. The van der Waals surface area contributed by atoms with Gasteiger partial charge in [0, 0.05) is 37.6 Å². The molecule has 4 rings (SSSR count). The molecule has 3 nitrogen and oxygen atoms in total. The number of aliphatic hydroxyl groups is 1. The number of thiophene rings is 1. The first-order valence-corrected chi connectivity index (χ1v) is 6.82. The number of aryl methyl sites for hydroxylation is 1. The highest BCUT2D eigenvalue weighted by molar-refractivity contribution is 7.10. The summed E-state index contributed by atoms with van der Waals surface area (Å²) >= 11 is 1.68. The Labute approximate surface area is 100 Å². The van der Waals surface area contributed by atoms with Gasteiger partial charge in [0.25, 0.3) is 0 Å². The molecule has 0 spiro atoms. The highest BCUT2D eigenvalue weighted by Crippen LogP contribution is 2.31. The Kier molecular flexibility index (Phi) is 2.75. The largest absolute Gasteiger partial charge is 0.386 e. The molecule has 0 amide bonds. The average Bonchev–Trinajstić information content (AvgIpc) is 2.76. The normalized spacial score (nSPS) is 35.2. The van der Waals surface area contributed by atoms with Crippen LogP contribution in [0.2, 0.25) is 0 Å². The van der Waals surface area contributed by atoms with Crippen LogP contribution < -0.4 is 0 Å². The monoisotopic (exact) mass is 238 g/mol. The second kappa shape index (κ2) is 4.11. The molecule has 3 aliphatic rings. The van der Waals surface area contributed by atoms with Crippen molar-refractivity contribution in [2.45, 2.75) is 19.1 Å². The summed E-state index contributed by atoms with van der Waals surface area (Å²) in [7, 11) is 0. The zero-order valence-corrected chi connectivity index (χ0v) is 10.4. The lowest BCUT2D eigenvalue weighted by Crippen LogP contribution is -2.62. The first-order chi connectivity index (χ1) is 7.75. The molecule has 4 heterocycles. The number of fused-ring (bicyclic) bond motifs is 3. The molecule has 3 aliphatic heterocycles. The third-order valence-electron chi connectivity index (χ3n) is 3.86. The predicted molar refractivity (Wildman–Crippen MR) is 65.8 cm³/mol. The lowest BCUT2D eigenvalue weighted by atomic mass is 10.00. The molecular formula is C12H18N2OS. The van der Waals surface area contributed by atoms with Crippen LogP contribution in [0.3, 0.4) is 0 Å². The van der Waals surface area contributed by atoms with E-state index in [4.69, 9.17) is 0 Å². The maximum absolute atomic E-state index is 10.5. The molecule has 2 unspecified atom stereocenters. The summed E-state index contributed by atoms with van der Waals surface area (Å²) in [5.74, 6) is 0. The summed E-state index contributed by atoms with van der Waals surface area (Å²) in [6.45, 7) is 7.70. The maximum atomic E-state index is 10.5. The van der Waals surface area contributed by atoms with Crippen molar-refractivity contribution in [1.82, 2.24) is 9.80 Å². The smallest absolute Gasteiger partial charge is 0.105 e. The number of hydrogen-bond donors (Lipinski definition) is 1. The van der Waals surface area contributed by atoms with Crippen LogP contribution in [-0.4, -0.2) is 53.7 Å². The van der Waals surface area contributed by atoms with Crippen molar-refractivity contribution in [1.29, 1.82) is 0 Å². The zero-order chi connectivity index (χ0) is 11.1. The molecule has 2 bridgehead atoms. The van der Waals surface area contributed by atoms with Crippen molar-refractivity contribution in [2.75, 3.05) is 32.7 Å². The number of piperazine rings is 3. The minimum atomic E-state index is -0.303. The first-order valence-electron chi connectivity index (χ1n) is 5.94. The van der Waals surface area contributed by atoms with Crippen LogP contribution in [0.15, 0.2) is 11.4 Å². The fourth-order valence-corrected chi connectivity index (χ4v) is 3.79. The fourth-order valence-electron chi connectivity index (χ4n) is 2.82. The van der Waals surface area contributed by atoms with Crippen LogP contribution in [0.1, 0.15) is 16.5 Å². The summed E-state index contributed by atoms with van der Waals surface area (Å²) in [6, 6.07) is 2.40. The van der Waals surface area contributed by atoms with Crippen molar-refractivity contribution >= 4 is 11.3 Å². The second-order valence-electron chi connectivity index (χ2n) is 4.82. The molecule has 3 saturated heterocycles. The molecule has 1 aromatic rings. The van der Waals surface area contributed by atoms with Crippen LogP contribution >= 0.6 is 11.3 Å². The van der Waals surface area contributed by atoms with Crippen LogP contribution in [0.25, 0.3) is 0 Å². The van der Waals surface area contributed by atoms with E-state index in [0.717, 1.165) is 24.5 Å². The Morgan fingerprint density at radius 1 is 1.38 bits per heavy atom. The van der Waals surface area contributed by atoms with E-state index in [9.17, 15) is 5.11 Å². The van der Waals surface area contributed by atoms with Gasteiger partial charge in [0.2, 0.25) is 0 Å². The van der Waals surface area contributed by atoms with Gasteiger partial charge in [-0.1, -0.05) is 0 Å². The van der Waals surface area contributed by atoms with Gasteiger partial charge in [-0.2, -0.15) is 0 Å². The van der Waals surface area contributed by atoms with E-state index in [-0.39, 0.29) is 6.10 Å². The Bertz CT molecular complexity index is 371. The fraction of sp³-hybridized carbons (Fsp3) is 0.667. The minimum Gasteiger partial charge on any atom is -0.386 e. The van der Waals surface area contributed by atoms with Crippen LogP contribution in [0.5, 0.6) is 0 Å².